The van der Waals surface area contributed by atoms with E-state index in [1.54, 1.807) is 42.5 Å². The van der Waals surface area contributed by atoms with E-state index in [1.807, 2.05) is 6.92 Å². The number of rotatable bonds is 6. The summed E-state index contributed by atoms with van der Waals surface area (Å²) in [4.78, 5) is 23.8. The summed E-state index contributed by atoms with van der Waals surface area (Å²) in [6.45, 7) is 3.47. The summed E-state index contributed by atoms with van der Waals surface area (Å²) in [5.74, 6) is -0.791. The van der Waals surface area contributed by atoms with Crippen LogP contribution in [0.15, 0.2) is 77.7 Å². The molecule has 0 N–H and O–H groups in total. The molecule has 0 aromatic heterocycles. The topological polar surface area (TPSA) is 97.6 Å². The maximum absolute atomic E-state index is 13.4. The number of carbonyl (C=O) groups is 1. The lowest BCUT2D eigenvalue weighted by Gasteiger charge is -2.23. The Labute approximate surface area is 174 Å². The van der Waals surface area contributed by atoms with E-state index in [2.05, 4.69) is 0 Å². The molecule has 7 nitrogen and oxygen atoms in total. The molecule has 3 aromatic carbocycles. The van der Waals surface area contributed by atoms with Gasteiger partial charge in [-0.25, -0.2) is 8.42 Å². The minimum absolute atomic E-state index is 0.0310. The fraction of sp³-hybridized carbons (Fsp3) is 0.136. The van der Waals surface area contributed by atoms with E-state index in [0.29, 0.717) is 0 Å². The molecule has 0 aliphatic carbocycles. The quantitative estimate of drug-likeness (QED) is 0.429. The fourth-order valence-corrected chi connectivity index (χ4v) is 4.48. The van der Waals surface area contributed by atoms with Gasteiger partial charge in [0.2, 0.25) is 0 Å². The monoisotopic (exact) mass is 424 g/mol. The number of nitro groups is 1. The number of carbonyl (C=O) groups excluding carboxylic acids is 1. The molecule has 0 spiro atoms. The van der Waals surface area contributed by atoms with Crippen molar-refractivity contribution in [2.45, 2.75) is 25.2 Å². The van der Waals surface area contributed by atoms with Gasteiger partial charge in [0.15, 0.2) is 0 Å². The molecule has 0 saturated heterocycles. The van der Waals surface area contributed by atoms with Crippen molar-refractivity contribution in [1.82, 2.24) is 0 Å². The Morgan fingerprint density at radius 2 is 1.63 bits per heavy atom. The first kappa shape index (κ1) is 21.2. The Kier molecular flexibility index (Phi) is 5.98. The largest absolute Gasteiger partial charge is 0.272 e. The maximum Gasteiger partial charge on any atom is 0.272 e. The highest BCUT2D eigenvalue weighted by molar-refractivity contribution is 7.93. The molecule has 0 heterocycles. The Morgan fingerprint density at radius 3 is 2.17 bits per heavy atom. The van der Waals surface area contributed by atoms with Crippen molar-refractivity contribution in [1.29, 1.82) is 0 Å². The third kappa shape index (κ3) is 4.08. The standard InChI is InChI=1S/C22H20N2O5S/c1-3-17-9-12-19(13-10-17)23(30(28,29)20-7-5-4-6-8-20)22(25)18-11-14-21(24(26)27)16(2)15-18/h4-15H,3H2,1-2H3. The van der Waals surface area contributed by atoms with E-state index >= 15 is 0 Å². The van der Waals surface area contributed by atoms with Crippen LogP contribution in [-0.2, 0) is 16.4 Å². The van der Waals surface area contributed by atoms with E-state index in [-0.39, 0.29) is 27.4 Å². The van der Waals surface area contributed by atoms with Crippen molar-refractivity contribution in [3.05, 3.63) is 99.6 Å². The van der Waals surface area contributed by atoms with Gasteiger partial charge in [0, 0.05) is 17.2 Å². The number of nitrogens with zero attached hydrogens (tertiary/aromatic N) is 2. The summed E-state index contributed by atoms with van der Waals surface area (Å²) >= 11 is 0. The van der Waals surface area contributed by atoms with Gasteiger partial charge in [-0.05, 0) is 55.3 Å². The van der Waals surface area contributed by atoms with Crippen LogP contribution in [0.3, 0.4) is 0 Å². The van der Waals surface area contributed by atoms with Crippen LogP contribution in [-0.4, -0.2) is 19.2 Å². The van der Waals surface area contributed by atoms with Gasteiger partial charge in [0.25, 0.3) is 21.6 Å². The molecule has 3 aromatic rings. The molecule has 0 atom stereocenters. The van der Waals surface area contributed by atoms with E-state index in [4.69, 9.17) is 0 Å². The molecule has 30 heavy (non-hydrogen) atoms. The average Bonchev–Trinajstić information content (AvgIpc) is 2.74. The normalized spacial score (nSPS) is 11.1. The Hall–Kier alpha value is -3.52. The lowest BCUT2D eigenvalue weighted by molar-refractivity contribution is -0.385. The third-order valence-corrected chi connectivity index (χ3v) is 6.41. The lowest BCUT2D eigenvalue weighted by Crippen LogP contribution is -2.37. The summed E-state index contributed by atoms with van der Waals surface area (Å²) in [5, 5.41) is 11.1. The average molecular weight is 424 g/mol. The summed E-state index contributed by atoms with van der Waals surface area (Å²) in [6, 6.07) is 18.1. The molecule has 3 rings (SSSR count). The summed E-state index contributed by atoms with van der Waals surface area (Å²) in [5.41, 5.74) is 1.35. The maximum atomic E-state index is 13.4. The Morgan fingerprint density at radius 1 is 1.00 bits per heavy atom. The number of amides is 1. The van der Waals surface area contributed by atoms with Gasteiger partial charge in [0.1, 0.15) is 0 Å². The van der Waals surface area contributed by atoms with Crippen LogP contribution in [0.4, 0.5) is 11.4 Å². The smallest absolute Gasteiger partial charge is 0.268 e. The molecular weight excluding hydrogens is 404 g/mol. The minimum atomic E-state index is -4.21. The van der Waals surface area contributed by atoms with Gasteiger partial charge < -0.3 is 0 Å². The third-order valence-electron chi connectivity index (χ3n) is 4.69. The van der Waals surface area contributed by atoms with Crippen LogP contribution >= 0.6 is 0 Å². The fourth-order valence-electron chi connectivity index (χ4n) is 3.04. The van der Waals surface area contributed by atoms with Crippen LogP contribution in [0.1, 0.15) is 28.4 Å². The number of nitro benzene ring substituents is 1. The van der Waals surface area contributed by atoms with Crippen LogP contribution in [0.2, 0.25) is 0 Å². The van der Waals surface area contributed by atoms with E-state index < -0.39 is 20.9 Å². The highest BCUT2D eigenvalue weighted by atomic mass is 32.2. The van der Waals surface area contributed by atoms with Crippen LogP contribution in [0.25, 0.3) is 0 Å². The number of sulfonamides is 1. The van der Waals surface area contributed by atoms with E-state index in [0.717, 1.165) is 16.3 Å². The van der Waals surface area contributed by atoms with Gasteiger partial charge in [0.05, 0.1) is 15.5 Å². The van der Waals surface area contributed by atoms with E-state index in [1.165, 1.54) is 37.3 Å². The molecular formula is C22H20N2O5S. The van der Waals surface area contributed by atoms with Gasteiger partial charge in [-0.15, -0.1) is 0 Å². The zero-order valence-electron chi connectivity index (χ0n) is 16.5. The molecule has 0 unspecified atom stereocenters. The van der Waals surface area contributed by atoms with Crippen LogP contribution in [0.5, 0.6) is 0 Å². The van der Waals surface area contributed by atoms with Gasteiger partial charge in [-0.2, -0.15) is 4.31 Å². The Balaban J connectivity index is 2.15. The van der Waals surface area contributed by atoms with Crippen molar-refractivity contribution in [3.8, 4) is 0 Å². The number of benzene rings is 3. The minimum Gasteiger partial charge on any atom is -0.268 e. The summed E-state index contributed by atoms with van der Waals surface area (Å²) in [6.07, 6.45) is 0.765. The number of aryl methyl sites for hydroxylation is 2. The zero-order chi connectivity index (χ0) is 21.9. The molecule has 8 heteroatoms. The second-order valence-corrected chi connectivity index (χ2v) is 8.45. The van der Waals surface area contributed by atoms with Crippen molar-refractivity contribution in [2.24, 2.45) is 0 Å². The highest BCUT2D eigenvalue weighted by Gasteiger charge is 2.32. The first-order valence-corrected chi connectivity index (χ1v) is 10.7. The van der Waals surface area contributed by atoms with Crippen LogP contribution < -0.4 is 4.31 Å². The van der Waals surface area contributed by atoms with Gasteiger partial charge >= 0.3 is 0 Å². The number of hydrogen-bond acceptors (Lipinski definition) is 5. The van der Waals surface area contributed by atoms with Crippen molar-refractivity contribution in [3.63, 3.8) is 0 Å². The molecule has 0 aliphatic rings. The molecule has 154 valence electrons. The molecule has 0 aliphatic heterocycles. The van der Waals surface area contributed by atoms with Crippen molar-refractivity contribution >= 4 is 27.3 Å². The first-order valence-electron chi connectivity index (χ1n) is 9.24. The number of anilines is 1. The highest BCUT2D eigenvalue weighted by Crippen LogP contribution is 2.28. The van der Waals surface area contributed by atoms with Gasteiger partial charge in [-0.3, -0.25) is 14.9 Å². The lowest BCUT2D eigenvalue weighted by atomic mass is 10.1. The molecule has 0 bridgehead atoms. The van der Waals surface area contributed by atoms with E-state index in [9.17, 15) is 23.3 Å². The molecule has 0 fully saturated rings. The SMILES string of the molecule is CCc1ccc(N(C(=O)c2ccc([N+](=O)[O-])c(C)c2)S(=O)(=O)c2ccccc2)cc1. The second kappa shape index (κ2) is 8.46. The molecule has 0 saturated carbocycles. The Bertz CT molecular complexity index is 1190. The molecule has 0 radical (unpaired) electrons. The number of hydrogen-bond donors (Lipinski definition) is 0. The van der Waals surface area contributed by atoms with Crippen LogP contribution in [0, 0.1) is 17.0 Å². The van der Waals surface area contributed by atoms with Crippen molar-refractivity contribution in [2.75, 3.05) is 4.31 Å². The molecule has 1 amide bonds. The predicted octanol–water partition coefficient (Wildman–Crippen LogP) is 4.50. The van der Waals surface area contributed by atoms with Gasteiger partial charge in [-0.1, -0.05) is 37.3 Å². The van der Waals surface area contributed by atoms with Crippen molar-refractivity contribution < 1.29 is 18.1 Å². The summed E-state index contributed by atoms with van der Waals surface area (Å²) < 4.78 is 27.5. The summed E-state index contributed by atoms with van der Waals surface area (Å²) in [7, 11) is -4.21. The zero-order valence-corrected chi connectivity index (χ0v) is 17.3. The first-order chi connectivity index (χ1) is 14.3. The second-order valence-electron chi connectivity index (χ2n) is 6.67. The predicted molar refractivity (Wildman–Crippen MR) is 114 cm³/mol.